The highest BCUT2D eigenvalue weighted by atomic mass is 127. The van der Waals surface area contributed by atoms with Crippen LogP contribution in [0.25, 0.3) is 5.69 Å². The third-order valence-corrected chi connectivity index (χ3v) is 8.47. The zero-order valence-corrected chi connectivity index (χ0v) is 24.1. The summed E-state index contributed by atoms with van der Waals surface area (Å²) in [4.78, 5) is 20.2. The van der Waals surface area contributed by atoms with E-state index in [0.717, 1.165) is 73.8 Å². The number of aliphatic imine (C=N–C) groups is 1. The molecule has 0 saturated carbocycles. The molecule has 36 heavy (non-hydrogen) atoms. The lowest BCUT2D eigenvalue weighted by Crippen LogP contribution is -2.45. The van der Waals surface area contributed by atoms with Crippen LogP contribution >= 0.6 is 20.7 Å². The zero-order chi connectivity index (χ0) is 25.7. The third-order valence-electron chi connectivity index (χ3n) is 6.92. The predicted molar refractivity (Wildman–Crippen MR) is 157 cm³/mol. The second kappa shape index (κ2) is 12.1. The molecular weight excluding hydrogens is 565 g/mol. The summed E-state index contributed by atoms with van der Waals surface area (Å²) in [5.41, 5.74) is 9.95. The number of benzene rings is 1. The van der Waals surface area contributed by atoms with Crippen LogP contribution in [0, 0.1) is 10.5 Å². The second-order valence-corrected chi connectivity index (χ2v) is 11.3. The number of anilines is 1. The van der Waals surface area contributed by atoms with Crippen LogP contribution in [0.3, 0.4) is 0 Å². The summed E-state index contributed by atoms with van der Waals surface area (Å²) >= 11 is -0.194. The molecule has 194 valence electrons. The van der Waals surface area contributed by atoms with E-state index in [1.54, 1.807) is 0 Å². The molecule has 1 aromatic heterocycles. The van der Waals surface area contributed by atoms with Crippen molar-refractivity contribution in [1.29, 1.82) is 0 Å². The van der Waals surface area contributed by atoms with Crippen LogP contribution in [0.2, 0.25) is 0 Å². The number of rotatable bonds is 9. The van der Waals surface area contributed by atoms with Crippen LogP contribution in [-0.2, 0) is 11.2 Å². The van der Waals surface area contributed by atoms with Gasteiger partial charge in [0.25, 0.3) is 0 Å². The number of allylic oxidation sites excluding steroid dienone is 1. The predicted octanol–water partition coefficient (Wildman–Crippen LogP) is 3.93. The zero-order valence-electron chi connectivity index (χ0n) is 21.9. The van der Waals surface area contributed by atoms with Gasteiger partial charge in [-0.25, -0.2) is 10.1 Å². The molecule has 2 aromatic rings. The van der Waals surface area contributed by atoms with Crippen molar-refractivity contribution in [2.24, 2.45) is 4.99 Å². The minimum atomic E-state index is -0.194. The summed E-state index contributed by atoms with van der Waals surface area (Å²) in [5, 5.41) is 10.1. The number of amides is 1. The van der Waals surface area contributed by atoms with E-state index >= 15 is 0 Å². The van der Waals surface area contributed by atoms with Crippen LogP contribution < -0.4 is 15.6 Å². The first-order valence-electron chi connectivity index (χ1n) is 12.7. The van der Waals surface area contributed by atoms with Crippen molar-refractivity contribution in [3.63, 3.8) is 0 Å². The number of carbonyl (C=O) groups is 1. The van der Waals surface area contributed by atoms with Gasteiger partial charge in [-0.1, -0.05) is 32.2 Å². The number of nitrogens with one attached hydrogen (secondary N) is 2. The van der Waals surface area contributed by atoms with E-state index < -0.39 is 0 Å². The van der Waals surface area contributed by atoms with Crippen molar-refractivity contribution in [3.05, 3.63) is 50.5 Å². The molecule has 2 aliphatic rings. The van der Waals surface area contributed by atoms with E-state index in [1.807, 2.05) is 27.8 Å². The first-order valence-corrected chi connectivity index (χ1v) is 15.3. The number of hydrazine groups is 1. The van der Waals surface area contributed by atoms with Crippen LogP contribution in [0.5, 0.6) is 0 Å². The molecule has 0 radical (unpaired) electrons. The van der Waals surface area contributed by atoms with E-state index in [1.165, 1.54) is 14.7 Å². The Kier molecular flexibility index (Phi) is 8.95. The SMILES string of the molecule is C=Ic1ccc(-n2ncc3c2CCCCN3C(=O)CN(NC)/C(CC)=C(/C)CC2=NCCN2)c(C)c1. The minimum Gasteiger partial charge on any atom is -0.372 e. The summed E-state index contributed by atoms with van der Waals surface area (Å²) < 4.78 is 7.47. The molecule has 9 heteroatoms. The molecule has 0 spiro atoms. The maximum absolute atomic E-state index is 13.7. The maximum Gasteiger partial charge on any atom is 0.248 e. The topological polar surface area (TPSA) is 77.8 Å². The molecular formula is C27H38IN7O. The van der Waals surface area contributed by atoms with Gasteiger partial charge in [-0.05, 0) is 68.9 Å². The Morgan fingerprint density at radius 1 is 1.31 bits per heavy atom. The second-order valence-electron chi connectivity index (χ2n) is 9.28. The van der Waals surface area contributed by atoms with Gasteiger partial charge in [0, 0.05) is 35.8 Å². The van der Waals surface area contributed by atoms with Crippen molar-refractivity contribution in [2.45, 2.75) is 52.9 Å². The quantitative estimate of drug-likeness (QED) is 0.336. The summed E-state index contributed by atoms with van der Waals surface area (Å²) in [5.74, 6) is 1.11. The monoisotopic (exact) mass is 603 g/mol. The van der Waals surface area contributed by atoms with Crippen molar-refractivity contribution in [1.82, 2.24) is 25.5 Å². The number of fused-ring (bicyclic) bond motifs is 1. The summed E-state index contributed by atoms with van der Waals surface area (Å²) in [6.07, 6.45) is 6.41. The number of aryl methyl sites for hydroxylation is 1. The van der Waals surface area contributed by atoms with Crippen LogP contribution in [0.15, 0.2) is 40.7 Å². The van der Waals surface area contributed by atoms with Gasteiger partial charge in [-0.15, -0.1) is 0 Å². The number of hydrogen-bond acceptors (Lipinski definition) is 6. The molecule has 0 bridgehead atoms. The molecule has 0 saturated heterocycles. The molecule has 8 nitrogen and oxygen atoms in total. The van der Waals surface area contributed by atoms with E-state index in [4.69, 9.17) is 5.10 Å². The molecule has 0 fully saturated rings. The Morgan fingerprint density at radius 3 is 2.81 bits per heavy atom. The third kappa shape index (κ3) is 5.72. The largest absolute Gasteiger partial charge is 0.372 e. The van der Waals surface area contributed by atoms with Gasteiger partial charge in [0.1, 0.15) is 12.4 Å². The first kappa shape index (κ1) is 26.5. The lowest BCUT2D eigenvalue weighted by Gasteiger charge is -2.30. The van der Waals surface area contributed by atoms with E-state index in [-0.39, 0.29) is 33.2 Å². The number of aromatic nitrogens is 2. The molecule has 1 amide bonds. The first-order chi connectivity index (χ1) is 17.5. The highest BCUT2D eigenvalue weighted by molar-refractivity contribution is 14.2. The fourth-order valence-corrected chi connectivity index (χ4v) is 6.21. The average Bonchev–Trinajstić information content (AvgIpc) is 3.48. The van der Waals surface area contributed by atoms with E-state index in [0.29, 0.717) is 6.54 Å². The fraction of sp³-hybridized carbons (Fsp3) is 0.481. The van der Waals surface area contributed by atoms with Gasteiger partial charge in [0.15, 0.2) is 0 Å². The fourth-order valence-electron chi connectivity index (χ4n) is 5.09. The van der Waals surface area contributed by atoms with Crippen molar-refractivity contribution in [2.75, 3.05) is 38.1 Å². The molecule has 3 heterocycles. The molecule has 2 N–H and O–H groups in total. The Morgan fingerprint density at radius 2 is 2.14 bits per heavy atom. The number of hydrogen-bond donors (Lipinski definition) is 2. The van der Waals surface area contributed by atoms with Crippen molar-refractivity contribution < 1.29 is 4.79 Å². The number of nitrogens with zero attached hydrogens (tertiary/aromatic N) is 5. The van der Waals surface area contributed by atoms with E-state index in [9.17, 15) is 4.79 Å². The van der Waals surface area contributed by atoms with Gasteiger partial charge >= 0.3 is 0 Å². The standard InChI is InChI=1S/C27H38IN7O/c1-6-22(20(3)16-26-30-12-13-31-26)34(29-5)18-27(36)33-14-8-7-9-24-25(33)17-32-35(24)23-11-10-21(28-4)15-19(23)2/h10-11,15,17,29H,4,6-9,12-14,16,18H2,1-3,5H3,(H,30,31)/b22-20-. The van der Waals surface area contributed by atoms with Gasteiger partial charge in [0.2, 0.25) is 5.91 Å². The van der Waals surface area contributed by atoms with Crippen LogP contribution in [0.1, 0.15) is 50.8 Å². The van der Waals surface area contributed by atoms with Crippen molar-refractivity contribution in [3.8, 4) is 5.69 Å². The number of halogens is 1. The molecule has 2 aliphatic heterocycles. The van der Waals surface area contributed by atoms with Gasteiger partial charge in [-0.3, -0.25) is 9.79 Å². The van der Waals surface area contributed by atoms with E-state index in [2.05, 4.69) is 59.2 Å². The molecule has 1 aromatic carbocycles. The molecule has 0 atom stereocenters. The number of carbonyl (C=O) groups excluding carboxylic acids is 1. The van der Waals surface area contributed by atoms with Gasteiger partial charge < -0.3 is 15.2 Å². The minimum absolute atomic E-state index is 0.0796. The normalized spacial score (nSPS) is 16.1. The van der Waals surface area contributed by atoms with Crippen LogP contribution in [-0.4, -0.2) is 64.3 Å². The summed E-state index contributed by atoms with van der Waals surface area (Å²) in [6.45, 7) is 9.12. The summed E-state index contributed by atoms with van der Waals surface area (Å²) in [6, 6.07) is 6.53. The Hall–Kier alpha value is -2.53. The molecule has 0 aliphatic carbocycles. The smallest absolute Gasteiger partial charge is 0.248 e. The summed E-state index contributed by atoms with van der Waals surface area (Å²) in [7, 11) is 1.88. The highest BCUT2D eigenvalue weighted by Gasteiger charge is 2.27. The molecule has 4 rings (SSSR count). The Balaban J connectivity index is 1.58. The van der Waals surface area contributed by atoms with Crippen molar-refractivity contribution >= 4 is 42.7 Å². The average molecular weight is 604 g/mol. The number of amidine groups is 1. The lowest BCUT2D eigenvalue weighted by molar-refractivity contribution is -0.119. The Bertz CT molecular complexity index is 1180. The lowest BCUT2D eigenvalue weighted by atomic mass is 10.1. The Labute approximate surface area is 224 Å². The van der Waals surface area contributed by atoms with Gasteiger partial charge in [-0.2, -0.15) is 5.10 Å². The molecule has 0 unspecified atom stereocenters. The highest BCUT2D eigenvalue weighted by Crippen LogP contribution is 2.30. The maximum atomic E-state index is 13.7. The van der Waals surface area contributed by atoms with Crippen LogP contribution in [0.4, 0.5) is 5.69 Å². The van der Waals surface area contributed by atoms with Gasteiger partial charge in [0.05, 0.1) is 29.8 Å².